The predicted molar refractivity (Wildman–Crippen MR) is 124 cm³/mol. The van der Waals surface area contributed by atoms with Crippen LogP contribution in [-0.2, 0) is 9.53 Å². The van der Waals surface area contributed by atoms with E-state index in [2.05, 4.69) is 15.4 Å². The van der Waals surface area contributed by atoms with Gasteiger partial charge in [-0.3, -0.25) is 14.9 Å². The molecule has 0 radical (unpaired) electrons. The summed E-state index contributed by atoms with van der Waals surface area (Å²) in [7, 11) is 0. The van der Waals surface area contributed by atoms with E-state index in [0.29, 0.717) is 5.13 Å². The van der Waals surface area contributed by atoms with E-state index >= 15 is 0 Å². The number of carbonyl (C=O) groups is 2. The smallest absolute Gasteiger partial charge is 0.362 e. The number of ether oxygens (including phenoxy) is 2. The van der Waals surface area contributed by atoms with Gasteiger partial charge in [-0.05, 0) is 55.8 Å². The number of halogens is 1. The number of amides is 1. The van der Waals surface area contributed by atoms with Crippen molar-refractivity contribution >= 4 is 38.6 Å². The number of esters is 1. The normalized spacial score (nSPS) is 10.8. The molecule has 174 valence electrons. The third-order valence-corrected chi connectivity index (χ3v) is 5.52. The van der Waals surface area contributed by atoms with Gasteiger partial charge in [-0.25, -0.2) is 14.2 Å². The first-order valence-corrected chi connectivity index (χ1v) is 11.0. The van der Waals surface area contributed by atoms with Gasteiger partial charge in [0.15, 0.2) is 17.5 Å². The number of anilines is 1. The Balaban J connectivity index is 1.55. The van der Waals surface area contributed by atoms with Crippen LogP contribution in [-0.4, -0.2) is 39.9 Å². The zero-order chi connectivity index (χ0) is 24.2. The number of nitrogens with zero attached hydrogens (tertiary/aromatic N) is 3. The van der Waals surface area contributed by atoms with Crippen molar-refractivity contribution in [2.75, 3.05) is 18.5 Å². The lowest BCUT2D eigenvalue weighted by Crippen LogP contribution is -2.27. The molecule has 4 rings (SSSR count). The Bertz CT molecular complexity index is 1430. The summed E-state index contributed by atoms with van der Waals surface area (Å²) in [5, 5.41) is 7.06. The molecule has 2 aromatic heterocycles. The fraction of sp³-hybridized carbons (Fsp3) is 0.174. The SMILES string of the molecule is CCOC(=O)c1nn(-c2ccc(F)cc2)c(=O)cc1OCC(=O)Nc1nc2ccc(C)cc2s1. The highest BCUT2D eigenvalue weighted by Gasteiger charge is 2.21. The van der Waals surface area contributed by atoms with Crippen LogP contribution in [0.3, 0.4) is 0 Å². The number of hydrogen-bond donors (Lipinski definition) is 1. The molecule has 9 nitrogen and oxygen atoms in total. The minimum Gasteiger partial charge on any atom is -0.481 e. The van der Waals surface area contributed by atoms with E-state index in [1.54, 1.807) is 6.92 Å². The molecule has 0 unspecified atom stereocenters. The molecule has 1 N–H and O–H groups in total. The fourth-order valence-corrected chi connectivity index (χ4v) is 4.02. The van der Waals surface area contributed by atoms with Gasteiger partial charge in [0.25, 0.3) is 11.5 Å². The number of aryl methyl sites for hydroxylation is 1. The van der Waals surface area contributed by atoms with E-state index in [-0.39, 0.29) is 23.7 Å². The van der Waals surface area contributed by atoms with Crippen LogP contribution >= 0.6 is 11.3 Å². The molecule has 0 saturated carbocycles. The first-order valence-electron chi connectivity index (χ1n) is 10.2. The molecular formula is C23H19FN4O5S. The van der Waals surface area contributed by atoms with Crippen LogP contribution in [0.25, 0.3) is 15.9 Å². The topological polar surface area (TPSA) is 112 Å². The number of carbonyl (C=O) groups excluding carboxylic acids is 2. The van der Waals surface area contributed by atoms with Gasteiger partial charge >= 0.3 is 5.97 Å². The molecule has 4 aromatic rings. The number of rotatable bonds is 7. The summed E-state index contributed by atoms with van der Waals surface area (Å²) < 4.78 is 25.5. The minimum absolute atomic E-state index is 0.0627. The molecule has 11 heteroatoms. The number of benzene rings is 2. The summed E-state index contributed by atoms with van der Waals surface area (Å²) in [6.45, 7) is 3.14. The Morgan fingerprint density at radius 2 is 1.91 bits per heavy atom. The molecule has 0 spiro atoms. The molecular weight excluding hydrogens is 463 g/mol. The molecule has 1 amide bonds. The second-order valence-electron chi connectivity index (χ2n) is 7.13. The number of fused-ring (bicyclic) bond motifs is 1. The van der Waals surface area contributed by atoms with Crippen molar-refractivity contribution in [3.63, 3.8) is 0 Å². The average Bonchev–Trinajstić information content (AvgIpc) is 3.19. The second-order valence-corrected chi connectivity index (χ2v) is 8.16. The Labute approximate surface area is 196 Å². The van der Waals surface area contributed by atoms with Gasteiger partial charge < -0.3 is 9.47 Å². The molecule has 0 fully saturated rings. The Morgan fingerprint density at radius 3 is 2.65 bits per heavy atom. The predicted octanol–water partition coefficient (Wildman–Crippen LogP) is 3.48. The monoisotopic (exact) mass is 482 g/mol. The lowest BCUT2D eigenvalue weighted by molar-refractivity contribution is -0.118. The van der Waals surface area contributed by atoms with Crippen LogP contribution in [0.2, 0.25) is 0 Å². The zero-order valence-corrected chi connectivity index (χ0v) is 19.0. The number of hydrogen-bond acceptors (Lipinski definition) is 8. The van der Waals surface area contributed by atoms with Crippen molar-refractivity contribution in [1.82, 2.24) is 14.8 Å². The number of thiazole rings is 1. The molecule has 2 aromatic carbocycles. The molecule has 0 saturated heterocycles. The van der Waals surface area contributed by atoms with Gasteiger partial charge in [0.2, 0.25) is 5.69 Å². The van der Waals surface area contributed by atoms with E-state index in [1.807, 2.05) is 25.1 Å². The number of nitrogens with one attached hydrogen (secondary N) is 1. The van der Waals surface area contributed by atoms with Crippen LogP contribution in [0.4, 0.5) is 9.52 Å². The summed E-state index contributed by atoms with van der Waals surface area (Å²) in [4.78, 5) is 41.8. The highest BCUT2D eigenvalue weighted by atomic mass is 32.1. The second kappa shape index (κ2) is 9.79. The van der Waals surface area contributed by atoms with E-state index in [4.69, 9.17) is 9.47 Å². The quantitative estimate of drug-likeness (QED) is 0.401. The summed E-state index contributed by atoms with van der Waals surface area (Å²) >= 11 is 1.31. The Morgan fingerprint density at radius 1 is 1.15 bits per heavy atom. The largest absolute Gasteiger partial charge is 0.481 e. The molecule has 34 heavy (non-hydrogen) atoms. The van der Waals surface area contributed by atoms with E-state index < -0.39 is 29.9 Å². The van der Waals surface area contributed by atoms with Crippen LogP contribution in [0.5, 0.6) is 5.75 Å². The number of aromatic nitrogens is 3. The first kappa shape index (κ1) is 23.1. The lowest BCUT2D eigenvalue weighted by Gasteiger charge is -2.12. The Hall–Kier alpha value is -4.12. The van der Waals surface area contributed by atoms with Crippen LogP contribution in [0.15, 0.2) is 53.3 Å². The fourth-order valence-electron chi connectivity index (χ4n) is 3.04. The van der Waals surface area contributed by atoms with Crippen molar-refractivity contribution < 1.29 is 23.5 Å². The van der Waals surface area contributed by atoms with Crippen molar-refractivity contribution in [2.24, 2.45) is 0 Å². The summed E-state index contributed by atoms with van der Waals surface area (Å²) in [6.07, 6.45) is 0. The van der Waals surface area contributed by atoms with E-state index in [1.165, 1.54) is 23.5 Å². The van der Waals surface area contributed by atoms with E-state index in [0.717, 1.165) is 38.7 Å². The summed E-state index contributed by atoms with van der Waals surface area (Å²) in [5.74, 6) is -2.07. The highest BCUT2D eigenvalue weighted by Crippen LogP contribution is 2.26. The molecule has 0 aliphatic rings. The average molecular weight is 482 g/mol. The molecule has 0 aliphatic heterocycles. The molecule has 0 bridgehead atoms. The molecule has 2 heterocycles. The summed E-state index contributed by atoms with van der Waals surface area (Å²) in [5.41, 5.74) is 1.13. The highest BCUT2D eigenvalue weighted by molar-refractivity contribution is 7.22. The molecule has 0 aliphatic carbocycles. The third kappa shape index (κ3) is 5.09. The van der Waals surface area contributed by atoms with Crippen LogP contribution < -0.4 is 15.6 Å². The third-order valence-electron chi connectivity index (χ3n) is 4.59. The van der Waals surface area contributed by atoms with Gasteiger partial charge in [-0.1, -0.05) is 17.4 Å². The van der Waals surface area contributed by atoms with Crippen molar-refractivity contribution in [3.05, 3.63) is 76.0 Å². The maximum absolute atomic E-state index is 13.2. The first-order chi connectivity index (χ1) is 16.3. The van der Waals surface area contributed by atoms with Gasteiger partial charge in [-0.15, -0.1) is 0 Å². The molecule has 0 atom stereocenters. The van der Waals surface area contributed by atoms with E-state index in [9.17, 15) is 18.8 Å². The minimum atomic E-state index is -0.838. The lowest BCUT2D eigenvalue weighted by atomic mass is 10.2. The van der Waals surface area contributed by atoms with Gasteiger partial charge in [0.05, 0.1) is 28.6 Å². The standard InChI is InChI=1S/C23H19FN4O5S/c1-3-32-22(31)21-17(11-20(30)28(27-21)15-7-5-14(24)6-8-15)33-12-19(29)26-23-25-16-9-4-13(2)10-18(16)34-23/h4-11H,3,12H2,1-2H3,(H,25,26,29). The van der Waals surface area contributed by atoms with Crippen LogP contribution in [0.1, 0.15) is 23.0 Å². The maximum Gasteiger partial charge on any atom is 0.362 e. The zero-order valence-electron chi connectivity index (χ0n) is 18.2. The van der Waals surface area contributed by atoms with Crippen LogP contribution in [0, 0.1) is 12.7 Å². The van der Waals surface area contributed by atoms with Crippen molar-refractivity contribution in [2.45, 2.75) is 13.8 Å². The maximum atomic E-state index is 13.2. The summed E-state index contributed by atoms with van der Waals surface area (Å²) in [6, 6.07) is 11.8. The Kier molecular flexibility index (Phi) is 6.64. The van der Waals surface area contributed by atoms with Crippen molar-refractivity contribution in [1.29, 1.82) is 0 Å². The van der Waals surface area contributed by atoms with Gasteiger partial charge in [0.1, 0.15) is 5.82 Å². The van der Waals surface area contributed by atoms with Gasteiger partial charge in [-0.2, -0.15) is 9.78 Å². The van der Waals surface area contributed by atoms with Crippen molar-refractivity contribution in [3.8, 4) is 11.4 Å². The van der Waals surface area contributed by atoms with Gasteiger partial charge in [0, 0.05) is 0 Å².